The molecule has 0 aliphatic carbocycles. The van der Waals surface area contributed by atoms with Crippen molar-refractivity contribution in [3.63, 3.8) is 0 Å². The van der Waals surface area contributed by atoms with E-state index in [4.69, 9.17) is 11.6 Å². The summed E-state index contributed by atoms with van der Waals surface area (Å²) in [4.78, 5) is 12.5. The largest absolute Gasteiger partial charge is 0.319 e. The summed E-state index contributed by atoms with van der Waals surface area (Å²) in [5.41, 5.74) is 0.133. The predicted molar refractivity (Wildman–Crippen MR) is 98.0 cm³/mol. The third-order valence-corrected chi connectivity index (χ3v) is 5.17. The first-order valence-electron chi connectivity index (χ1n) is 7.53. The fourth-order valence-electron chi connectivity index (χ4n) is 2.45. The van der Waals surface area contributed by atoms with Crippen LogP contribution >= 0.6 is 11.6 Å². The summed E-state index contributed by atoms with van der Waals surface area (Å²) in [6.07, 6.45) is 0.931. The Balaban J connectivity index is 2.43. The SMILES string of the molecule is Cc1ccc(Cl)cc1N(C(C)C(=O)Nc1c(F)cccc1F)S(C)(=O)=O. The van der Waals surface area contributed by atoms with Gasteiger partial charge in [-0.1, -0.05) is 23.7 Å². The van der Waals surface area contributed by atoms with Crippen molar-refractivity contribution in [1.82, 2.24) is 0 Å². The number of amides is 1. The van der Waals surface area contributed by atoms with E-state index in [2.05, 4.69) is 5.32 Å². The average Bonchev–Trinajstić information content (AvgIpc) is 2.53. The summed E-state index contributed by atoms with van der Waals surface area (Å²) < 4.78 is 52.9. The summed E-state index contributed by atoms with van der Waals surface area (Å²) in [6, 6.07) is 6.45. The maximum absolute atomic E-state index is 13.7. The van der Waals surface area contributed by atoms with E-state index in [0.29, 0.717) is 5.56 Å². The molecule has 1 amide bonds. The van der Waals surface area contributed by atoms with Crippen LogP contribution in [0.2, 0.25) is 5.02 Å². The van der Waals surface area contributed by atoms with E-state index < -0.39 is 39.3 Å². The molecule has 0 fully saturated rings. The van der Waals surface area contributed by atoms with Crippen LogP contribution < -0.4 is 9.62 Å². The maximum atomic E-state index is 13.7. The molecule has 26 heavy (non-hydrogen) atoms. The monoisotopic (exact) mass is 402 g/mol. The lowest BCUT2D eigenvalue weighted by atomic mass is 10.1. The van der Waals surface area contributed by atoms with Crippen molar-refractivity contribution in [2.24, 2.45) is 0 Å². The zero-order valence-electron chi connectivity index (χ0n) is 14.3. The second-order valence-electron chi connectivity index (χ2n) is 5.75. The first-order chi connectivity index (χ1) is 12.0. The highest BCUT2D eigenvalue weighted by Gasteiger charge is 2.31. The van der Waals surface area contributed by atoms with Gasteiger partial charge in [0.25, 0.3) is 0 Å². The van der Waals surface area contributed by atoms with Crippen LogP contribution in [0.1, 0.15) is 12.5 Å². The number of carbonyl (C=O) groups excluding carboxylic acids is 1. The lowest BCUT2D eigenvalue weighted by Crippen LogP contribution is -2.45. The number of carbonyl (C=O) groups is 1. The van der Waals surface area contributed by atoms with E-state index in [9.17, 15) is 22.0 Å². The fraction of sp³-hybridized carbons (Fsp3) is 0.235. The van der Waals surface area contributed by atoms with Gasteiger partial charge < -0.3 is 5.32 Å². The van der Waals surface area contributed by atoms with Gasteiger partial charge in [0.05, 0.1) is 11.9 Å². The number of hydrogen-bond donors (Lipinski definition) is 1. The topological polar surface area (TPSA) is 66.5 Å². The van der Waals surface area contributed by atoms with E-state index in [1.807, 2.05) is 0 Å². The smallest absolute Gasteiger partial charge is 0.248 e. The Morgan fingerprint density at radius 2 is 1.77 bits per heavy atom. The summed E-state index contributed by atoms with van der Waals surface area (Å²) >= 11 is 5.95. The van der Waals surface area contributed by atoms with Crippen molar-refractivity contribution in [3.8, 4) is 0 Å². The molecule has 2 aromatic rings. The Kier molecular flexibility index (Phi) is 5.87. The number of nitrogens with one attached hydrogen (secondary N) is 1. The lowest BCUT2D eigenvalue weighted by molar-refractivity contribution is -0.116. The molecule has 5 nitrogen and oxygen atoms in total. The highest BCUT2D eigenvalue weighted by molar-refractivity contribution is 7.92. The molecule has 9 heteroatoms. The molecule has 0 heterocycles. The molecule has 0 aliphatic rings. The molecule has 0 saturated heterocycles. The quantitative estimate of drug-likeness (QED) is 0.828. The molecule has 1 unspecified atom stereocenters. The van der Waals surface area contributed by atoms with E-state index in [1.165, 1.54) is 13.0 Å². The van der Waals surface area contributed by atoms with Crippen molar-refractivity contribution in [2.45, 2.75) is 19.9 Å². The highest BCUT2D eigenvalue weighted by atomic mass is 35.5. The van der Waals surface area contributed by atoms with Crippen LogP contribution in [0.4, 0.5) is 20.2 Å². The maximum Gasteiger partial charge on any atom is 0.248 e. The minimum absolute atomic E-state index is 0.205. The minimum Gasteiger partial charge on any atom is -0.319 e. The molecule has 0 saturated carbocycles. The molecule has 0 aliphatic heterocycles. The van der Waals surface area contributed by atoms with Gasteiger partial charge in [-0.3, -0.25) is 9.10 Å². The van der Waals surface area contributed by atoms with E-state index in [-0.39, 0.29) is 10.7 Å². The third-order valence-electron chi connectivity index (χ3n) is 3.71. The van der Waals surface area contributed by atoms with Gasteiger partial charge >= 0.3 is 0 Å². The Labute approximate surface area is 155 Å². The van der Waals surface area contributed by atoms with Gasteiger partial charge in [-0.15, -0.1) is 0 Å². The van der Waals surface area contributed by atoms with Gasteiger partial charge in [0.1, 0.15) is 23.4 Å². The standard InChI is InChI=1S/C17H17ClF2N2O3S/c1-10-7-8-12(18)9-15(10)22(26(3,24)25)11(2)17(23)21-16-13(19)5-4-6-14(16)20/h4-9,11H,1-3H3,(H,21,23). The fourth-order valence-corrected chi connectivity index (χ4v) is 3.84. The Hall–Kier alpha value is -2.19. The molecule has 0 radical (unpaired) electrons. The van der Waals surface area contributed by atoms with Crippen molar-refractivity contribution >= 4 is 38.9 Å². The van der Waals surface area contributed by atoms with E-state index in [1.54, 1.807) is 19.1 Å². The van der Waals surface area contributed by atoms with Crippen molar-refractivity contribution in [2.75, 3.05) is 15.9 Å². The van der Waals surface area contributed by atoms with Crippen LogP contribution in [-0.2, 0) is 14.8 Å². The van der Waals surface area contributed by atoms with Gasteiger partial charge in [-0.25, -0.2) is 17.2 Å². The lowest BCUT2D eigenvalue weighted by Gasteiger charge is -2.29. The molecule has 1 N–H and O–H groups in total. The summed E-state index contributed by atoms with van der Waals surface area (Å²) in [5.74, 6) is -2.82. The zero-order valence-corrected chi connectivity index (χ0v) is 15.8. The van der Waals surface area contributed by atoms with E-state index >= 15 is 0 Å². The molecule has 1 atom stereocenters. The second-order valence-corrected chi connectivity index (χ2v) is 8.05. The second kappa shape index (κ2) is 7.59. The summed E-state index contributed by atoms with van der Waals surface area (Å²) in [6.45, 7) is 2.97. The molecule has 0 bridgehead atoms. The van der Waals surface area contributed by atoms with Gasteiger partial charge in [0.2, 0.25) is 15.9 Å². The van der Waals surface area contributed by atoms with Crippen LogP contribution in [-0.4, -0.2) is 26.6 Å². The number of nitrogens with zero attached hydrogens (tertiary/aromatic N) is 1. The number of anilines is 2. The van der Waals surface area contributed by atoms with Crippen molar-refractivity contribution in [3.05, 3.63) is 58.6 Å². The normalized spacial score (nSPS) is 12.5. The number of aryl methyl sites for hydroxylation is 1. The van der Waals surface area contributed by atoms with Gasteiger partial charge in [0.15, 0.2) is 0 Å². The van der Waals surface area contributed by atoms with E-state index in [0.717, 1.165) is 28.8 Å². The van der Waals surface area contributed by atoms with Crippen LogP contribution in [0.5, 0.6) is 0 Å². The number of hydrogen-bond acceptors (Lipinski definition) is 3. The average molecular weight is 403 g/mol. The molecule has 2 rings (SSSR count). The molecule has 0 spiro atoms. The molecule has 0 aromatic heterocycles. The van der Waals surface area contributed by atoms with Gasteiger partial charge in [-0.2, -0.15) is 0 Å². The van der Waals surface area contributed by atoms with Gasteiger partial charge in [-0.05, 0) is 43.7 Å². The number of rotatable bonds is 5. The summed E-state index contributed by atoms with van der Waals surface area (Å²) in [5, 5.41) is 2.39. The first-order valence-corrected chi connectivity index (χ1v) is 9.75. The van der Waals surface area contributed by atoms with Crippen molar-refractivity contribution < 1.29 is 22.0 Å². The Bertz CT molecular complexity index is 931. The number of para-hydroxylation sites is 1. The van der Waals surface area contributed by atoms with Crippen molar-refractivity contribution in [1.29, 1.82) is 0 Å². The minimum atomic E-state index is -3.89. The number of sulfonamides is 1. The number of benzene rings is 2. The van der Waals surface area contributed by atoms with Crippen LogP contribution in [0.3, 0.4) is 0 Å². The zero-order chi connectivity index (χ0) is 19.6. The number of halogens is 3. The molecule has 140 valence electrons. The van der Waals surface area contributed by atoms with Crippen LogP contribution in [0.25, 0.3) is 0 Å². The first kappa shape index (κ1) is 20.1. The Morgan fingerprint density at radius 3 is 2.31 bits per heavy atom. The molecular formula is C17H17ClF2N2O3S. The third kappa shape index (κ3) is 4.31. The molecular weight excluding hydrogens is 386 g/mol. The Morgan fingerprint density at radius 1 is 1.19 bits per heavy atom. The molecule has 2 aromatic carbocycles. The van der Waals surface area contributed by atoms with Crippen LogP contribution in [0, 0.1) is 18.6 Å². The van der Waals surface area contributed by atoms with Crippen LogP contribution in [0.15, 0.2) is 36.4 Å². The predicted octanol–water partition coefficient (Wildman–Crippen LogP) is 3.72. The highest BCUT2D eigenvalue weighted by Crippen LogP contribution is 2.29. The summed E-state index contributed by atoms with van der Waals surface area (Å²) in [7, 11) is -3.89. The van der Waals surface area contributed by atoms with Gasteiger partial charge in [0, 0.05) is 5.02 Å².